The first-order valence-corrected chi connectivity index (χ1v) is 30.1. The van der Waals surface area contributed by atoms with E-state index in [9.17, 15) is 30.0 Å². The predicted octanol–water partition coefficient (Wildman–Crippen LogP) is 15.4. The number of carbonyl (C=O) groups is 2. The van der Waals surface area contributed by atoms with Gasteiger partial charge in [0.05, 0.1) is 13.2 Å². The van der Waals surface area contributed by atoms with Crippen molar-refractivity contribution in [2.45, 2.75) is 320 Å². The average molecular weight is 1010 g/mol. The Bertz CT molecular complexity index is 1250. The molecule has 0 radical (unpaired) electrons. The van der Waals surface area contributed by atoms with Crippen molar-refractivity contribution in [3.8, 4) is 0 Å². The van der Waals surface area contributed by atoms with Crippen molar-refractivity contribution < 1.29 is 49.0 Å². The van der Waals surface area contributed by atoms with Crippen molar-refractivity contribution in [3.05, 3.63) is 36.5 Å². The lowest BCUT2D eigenvalue weighted by Gasteiger charge is -2.39. The van der Waals surface area contributed by atoms with Gasteiger partial charge >= 0.3 is 11.9 Å². The summed E-state index contributed by atoms with van der Waals surface area (Å²) in [6.07, 6.45) is 56.2. The fraction of sp³-hybridized carbons (Fsp3) is 0.869. The molecule has 10 heteroatoms. The topological polar surface area (TPSA) is 152 Å². The van der Waals surface area contributed by atoms with E-state index in [1.165, 1.54) is 205 Å². The number of hydrogen-bond donors (Lipinski definition) is 4. The van der Waals surface area contributed by atoms with Crippen LogP contribution < -0.4 is 0 Å². The van der Waals surface area contributed by atoms with E-state index in [0.29, 0.717) is 12.8 Å². The molecule has 1 rings (SSSR count). The quantitative estimate of drug-likeness (QED) is 0.0263. The summed E-state index contributed by atoms with van der Waals surface area (Å²) < 4.78 is 22.2. The van der Waals surface area contributed by atoms with Gasteiger partial charge in [0.15, 0.2) is 12.4 Å². The zero-order valence-electron chi connectivity index (χ0n) is 46.0. The van der Waals surface area contributed by atoms with Crippen LogP contribution >= 0.6 is 0 Å². The first-order chi connectivity index (χ1) is 34.8. The van der Waals surface area contributed by atoms with Gasteiger partial charge in [0, 0.05) is 12.8 Å². The zero-order chi connectivity index (χ0) is 51.5. The van der Waals surface area contributed by atoms with Gasteiger partial charge < -0.3 is 39.4 Å². The largest absolute Gasteiger partial charge is 0.462 e. The van der Waals surface area contributed by atoms with E-state index < -0.39 is 55.4 Å². The molecule has 1 heterocycles. The van der Waals surface area contributed by atoms with Crippen molar-refractivity contribution in [1.29, 1.82) is 0 Å². The maximum absolute atomic E-state index is 12.9. The summed E-state index contributed by atoms with van der Waals surface area (Å²) in [7, 11) is 0. The first kappa shape index (κ1) is 66.9. The van der Waals surface area contributed by atoms with Crippen LogP contribution in [0.4, 0.5) is 0 Å². The Morgan fingerprint density at radius 2 is 0.761 bits per heavy atom. The van der Waals surface area contributed by atoms with Crippen molar-refractivity contribution in [2.75, 3.05) is 19.8 Å². The highest BCUT2D eigenvalue weighted by Crippen LogP contribution is 2.23. The van der Waals surface area contributed by atoms with E-state index in [1.807, 2.05) is 0 Å². The standard InChI is InChI=1S/C61H112O10/c1-3-5-7-9-11-13-15-17-19-21-23-25-27-29-31-33-35-37-39-41-43-45-47-49-56(63)68-52-54(53-69-61-60(67)59(66)58(65)55(51-62)71-61)70-57(64)50-48-46-44-42-40-38-36-34-32-30-28-26-24-22-20-18-16-14-12-10-8-6-4-2/h34,36,41-44,54-55,58-62,65-67H,3-33,35,37-40,45-53H2,1-2H3/b36-34+,43-41+,44-42+/t54-,55-,58+,59?,60?,61-/m0/s1. The van der Waals surface area contributed by atoms with E-state index >= 15 is 0 Å². The van der Waals surface area contributed by atoms with Crippen LogP contribution in [0.2, 0.25) is 0 Å². The number of esters is 2. The molecule has 0 aromatic rings. The summed E-state index contributed by atoms with van der Waals surface area (Å²) in [6.45, 7) is 3.42. The molecule has 1 aliphatic heterocycles. The molecule has 1 aliphatic rings. The minimum atomic E-state index is -1.61. The monoisotopic (exact) mass is 1000 g/mol. The van der Waals surface area contributed by atoms with Crippen LogP contribution in [0.3, 0.4) is 0 Å². The molecule has 71 heavy (non-hydrogen) atoms. The number of rotatable bonds is 52. The molecule has 0 aliphatic carbocycles. The van der Waals surface area contributed by atoms with Crippen molar-refractivity contribution >= 4 is 11.9 Å². The number of aliphatic hydroxyl groups is 4. The Labute approximate surface area is 436 Å². The highest BCUT2D eigenvalue weighted by atomic mass is 16.7. The van der Waals surface area contributed by atoms with Crippen LogP contribution in [0.1, 0.15) is 284 Å². The second-order valence-corrected chi connectivity index (χ2v) is 20.8. The van der Waals surface area contributed by atoms with Crippen LogP contribution in [0, 0.1) is 0 Å². The molecular weight excluding hydrogens is 893 g/mol. The fourth-order valence-electron chi connectivity index (χ4n) is 9.27. The lowest BCUT2D eigenvalue weighted by molar-refractivity contribution is -0.305. The smallest absolute Gasteiger partial charge is 0.306 e. The number of allylic oxidation sites excluding steroid dienone is 6. The van der Waals surface area contributed by atoms with E-state index in [2.05, 4.69) is 50.3 Å². The Morgan fingerprint density at radius 3 is 1.14 bits per heavy atom. The van der Waals surface area contributed by atoms with Gasteiger partial charge in [-0.05, 0) is 64.2 Å². The molecule has 4 N–H and O–H groups in total. The Hall–Kier alpha value is -2.08. The van der Waals surface area contributed by atoms with Gasteiger partial charge in [-0.1, -0.05) is 243 Å². The number of carbonyl (C=O) groups excluding carboxylic acids is 2. The summed E-state index contributed by atoms with van der Waals surface area (Å²) in [5, 5.41) is 40.3. The third-order valence-electron chi connectivity index (χ3n) is 14.0. The lowest BCUT2D eigenvalue weighted by atomic mass is 9.99. The Morgan fingerprint density at radius 1 is 0.423 bits per heavy atom. The third kappa shape index (κ3) is 41.9. The molecule has 0 aromatic carbocycles. The van der Waals surface area contributed by atoms with E-state index in [0.717, 1.165) is 38.5 Å². The molecule has 0 aromatic heterocycles. The molecule has 0 spiro atoms. The number of hydrogen-bond acceptors (Lipinski definition) is 10. The molecule has 0 amide bonds. The molecule has 1 saturated heterocycles. The van der Waals surface area contributed by atoms with Crippen molar-refractivity contribution in [2.24, 2.45) is 0 Å². The minimum absolute atomic E-state index is 0.166. The highest BCUT2D eigenvalue weighted by Gasteiger charge is 2.44. The maximum atomic E-state index is 12.9. The summed E-state index contributed by atoms with van der Waals surface area (Å²) in [6, 6.07) is 0. The highest BCUT2D eigenvalue weighted by molar-refractivity contribution is 5.70. The molecule has 10 nitrogen and oxygen atoms in total. The van der Waals surface area contributed by atoms with Gasteiger partial charge in [0.1, 0.15) is 31.0 Å². The first-order valence-electron chi connectivity index (χ1n) is 30.1. The predicted molar refractivity (Wildman–Crippen MR) is 293 cm³/mol. The minimum Gasteiger partial charge on any atom is -0.462 e. The van der Waals surface area contributed by atoms with Gasteiger partial charge in [0.2, 0.25) is 0 Å². The third-order valence-corrected chi connectivity index (χ3v) is 14.0. The second-order valence-electron chi connectivity index (χ2n) is 20.8. The van der Waals surface area contributed by atoms with Crippen molar-refractivity contribution in [1.82, 2.24) is 0 Å². The van der Waals surface area contributed by atoms with Gasteiger partial charge in [-0.25, -0.2) is 0 Å². The van der Waals surface area contributed by atoms with Crippen LogP contribution in [-0.2, 0) is 28.5 Å². The van der Waals surface area contributed by atoms with Gasteiger partial charge in [0.25, 0.3) is 0 Å². The van der Waals surface area contributed by atoms with Gasteiger partial charge in [-0.2, -0.15) is 0 Å². The summed E-state index contributed by atoms with van der Waals surface area (Å²) in [4.78, 5) is 25.5. The fourth-order valence-corrected chi connectivity index (χ4v) is 9.27. The second kappa shape index (κ2) is 51.4. The number of ether oxygens (including phenoxy) is 4. The van der Waals surface area contributed by atoms with Gasteiger partial charge in [-0.3, -0.25) is 9.59 Å². The maximum Gasteiger partial charge on any atom is 0.306 e. The number of aliphatic hydroxyl groups excluding tert-OH is 4. The normalized spacial score (nSPS) is 18.9. The average Bonchev–Trinajstić information content (AvgIpc) is 3.37. The Kier molecular flexibility index (Phi) is 48.5. The zero-order valence-corrected chi connectivity index (χ0v) is 46.0. The van der Waals surface area contributed by atoms with E-state index in [1.54, 1.807) is 0 Å². The molecule has 0 bridgehead atoms. The van der Waals surface area contributed by atoms with E-state index in [4.69, 9.17) is 18.9 Å². The van der Waals surface area contributed by atoms with Crippen molar-refractivity contribution in [3.63, 3.8) is 0 Å². The summed E-state index contributed by atoms with van der Waals surface area (Å²) >= 11 is 0. The Balaban J connectivity index is 2.22. The van der Waals surface area contributed by atoms with Crippen LogP contribution in [0.5, 0.6) is 0 Å². The summed E-state index contributed by atoms with van der Waals surface area (Å²) in [5.41, 5.74) is 0. The molecule has 0 saturated carbocycles. The van der Waals surface area contributed by atoms with Crippen LogP contribution in [-0.4, -0.2) is 89.0 Å². The molecule has 1 fully saturated rings. The van der Waals surface area contributed by atoms with Crippen LogP contribution in [0.15, 0.2) is 36.5 Å². The SMILES string of the molecule is CCCCCCCCCCCCCCCC/C=C/CC/C=C/CCCC(=O)O[C@@H](COC(=O)CCC/C=C/CCCCCCCCCCCCCCCCCCCC)CO[C@H]1O[C@@H](CO)[C@@H](O)C(O)C1O. The molecule has 2 unspecified atom stereocenters. The number of unbranched alkanes of at least 4 members (excludes halogenated alkanes) is 35. The van der Waals surface area contributed by atoms with E-state index in [-0.39, 0.29) is 26.1 Å². The molecule has 416 valence electrons. The van der Waals surface area contributed by atoms with Gasteiger partial charge in [-0.15, -0.1) is 0 Å². The van der Waals surface area contributed by atoms with Crippen LogP contribution in [0.25, 0.3) is 0 Å². The molecular formula is C61H112O10. The molecule has 6 atom stereocenters. The summed E-state index contributed by atoms with van der Waals surface area (Å²) in [5.74, 6) is -0.881. The lowest BCUT2D eigenvalue weighted by Crippen LogP contribution is -2.59.